The van der Waals surface area contributed by atoms with Gasteiger partial charge < -0.3 is 52.7 Å². The maximum atomic E-state index is 14.2. The first-order valence-corrected chi connectivity index (χ1v) is 21.0. The number of nitrogens with one attached hydrogen (secondary N) is 1. The number of likely N-dealkylation sites (N-methyl/N-ethyl adjacent to an activating group) is 1. The van der Waals surface area contributed by atoms with Crippen LogP contribution in [0.3, 0.4) is 0 Å². The number of nitrogens with zero attached hydrogens (tertiary/aromatic N) is 1. The Morgan fingerprint density at radius 1 is 0.870 bits per heavy atom. The Kier molecular flexibility index (Phi) is 9.70. The lowest BCUT2D eigenvalue weighted by atomic mass is 9.79. The minimum absolute atomic E-state index is 0.00135. The number of hydrogen-bond acceptors (Lipinski definition) is 13. The largest absolute Gasteiger partial charge is 0.380 e. The molecule has 12 aliphatic heterocycles. The van der Waals surface area contributed by atoms with Gasteiger partial charge in [-0.1, -0.05) is 13.5 Å². The van der Waals surface area contributed by atoms with Gasteiger partial charge in [-0.15, -0.1) is 0 Å². The maximum absolute atomic E-state index is 14.2. The molecule has 0 aromatic carbocycles. The molecule has 0 aromatic rings. The monoisotopic (exact) mass is 756 g/mol. The fourth-order valence-corrected chi connectivity index (χ4v) is 12.2. The molecule has 19 atom stereocenters. The fraction of sp³-hybridized carbons (Fsp3) is 0.902. The lowest BCUT2D eigenvalue weighted by Crippen LogP contribution is -2.70. The Morgan fingerprint density at radius 3 is 2.56 bits per heavy atom. The molecule has 13 bridgehead atoms. The predicted molar refractivity (Wildman–Crippen MR) is 193 cm³/mol. The lowest BCUT2D eigenvalue weighted by Gasteiger charge is -2.54. The van der Waals surface area contributed by atoms with Gasteiger partial charge in [0.15, 0.2) is 5.79 Å². The van der Waals surface area contributed by atoms with Gasteiger partial charge in [0, 0.05) is 70.9 Å². The summed E-state index contributed by atoms with van der Waals surface area (Å²) in [6.07, 6.45) is 5.20. The zero-order valence-corrected chi connectivity index (χ0v) is 32.4. The maximum Gasteiger partial charge on any atom is 0.214 e. The van der Waals surface area contributed by atoms with E-state index in [0.717, 1.165) is 43.4 Å². The molecule has 13 heteroatoms. The topological polar surface area (TPSA) is 134 Å². The van der Waals surface area contributed by atoms with Crippen molar-refractivity contribution in [2.45, 2.75) is 193 Å². The van der Waals surface area contributed by atoms with Gasteiger partial charge in [-0.05, 0) is 63.5 Å². The number of ketones is 1. The second-order valence-corrected chi connectivity index (χ2v) is 18.1. The molecule has 1 unspecified atom stereocenters. The molecule has 12 rings (SSSR count). The van der Waals surface area contributed by atoms with Gasteiger partial charge in [-0.3, -0.25) is 9.79 Å². The van der Waals surface area contributed by atoms with Gasteiger partial charge >= 0.3 is 0 Å². The van der Waals surface area contributed by atoms with Gasteiger partial charge in [0.05, 0.1) is 61.0 Å². The highest BCUT2D eigenvalue weighted by molar-refractivity contribution is 5.92. The van der Waals surface area contributed by atoms with Crippen LogP contribution < -0.4 is 5.32 Å². The molecule has 12 aliphatic rings. The normalized spacial score (nSPS) is 52.7. The molecule has 0 amide bonds. The van der Waals surface area contributed by atoms with E-state index in [9.17, 15) is 4.79 Å². The van der Waals surface area contributed by atoms with Gasteiger partial charge in [0.1, 0.15) is 36.3 Å². The summed E-state index contributed by atoms with van der Waals surface area (Å²) in [5, 5.41) is 3.24. The fourth-order valence-electron chi connectivity index (χ4n) is 12.2. The number of carbonyl (C=O) groups excluding carboxylic acids is 1. The highest BCUT2D eigenvalue weighted by Crippen LogP contribution is 2.58. The van der Waals surface area contributed by atoms with E-state index in [1.54, 1.807) is 14.2 Å². The van der Waals surface area contributed by atoms with Crippen molar-refractivity contribution < 1.29 is 52.2 Å². The first kappa shape index (κ1) is 36.9. The summed E-state index contributed by atoms with van der Waals surface area (Å²) in [5.74, 6) is -0.782. The van der Waals surface area contributed by atoms with Crippen LogP contribution in [0.15, 0.2) is 17.1 Å². The number of carbonyl (C=O) groups is 1. The number of rotatable bonds is 6. The highest BCUT2D eigenvalue weighted by Gasteiger charge is 2.73. The Labute approximate surface area is 318 Å². The van der Waals surface area contributed by atoms with Crippen LogP contribution in [0, 0.1) is 11.8 Å². The number of ether oxygens (including phenoxy) is 10. The average molecular weight is 757 g/mol. The quantitative estimate of drug-likeness (QED) is 0.398. The Balaban J connectivity index is 1.08. The van der Waals surface area contributed by atoms with Crippen molar-refractivity contribution in [1.29, 1.82) is 0 Å². The van der Waals surface area contributed by atoms with Crippen molar-refractivity contribution in [3.05, 3.63) is 12.2 Å². The van der Waals surface area contributed by atoms with E-state index in [0.29, 0.717) is 51.5 Å². The summed E-state index contributed by atoms with van der Waals surface area (Å²) in [6, 6.07) is 0. The van der Waals surface area contributed by atoms with Crippen molar-refractivity contribution in [3.63, 3.8) is 0 Å². The van der Waals surface area contributed by atoms with Crippen molar-refractivity contribution in [2.75, 3.05) is 27.8 Å². The lowest BCUT2D eigenvalue weighted by molar-refractivity contribution is -0.330. The van der Waals surface area contributed by atoms with Crippen molar-refractivity contribution in [3.8, 4) is 0 Å². The van der Waals surface area contributed by atoms with Gasteiger partial charge in [-0.25, -0.2) is 0 Å². The molecule has 9 fully saturated rings. The minimum atomic E-state index is -1.23. The second-order valence-electron chi connectivity index (χ2n) is 18.1. The second kappa shape index (κ2) is 14.2. The van der Waals surface area contributed by atoms with Gasteiger partial charge in [0.25, 0.3) is 0 Å². The summed E-state index contributed by atoms with van der Waals surface area (Å²) in [7, 11) is 5.39. The van der Waals surface area contributed by atoms with Crippen LogP contribution >= 0.6 is 0 Å². The van der Waals surface area contributed by atoms with E-state index in [1.165, 1.54) is 0 Å². The molecule has 0 saturated carbocycles. The summed E-state index contributed by atoms with van der Waals surface area (Å²) < 4.78 is 68.3. The number of Topliss-reactive ketones (excluding diaryl/α,β-unsaturated/α-hetero) is 1. The van der Waals surface area contributed by atoms with Crippen molar-refractivity contribution in [1.82, 2.24) is 5.32 Å². The molecule has 0 radical (unpaired) electrons. The number of methoxy groups -OCH3 is 2. The van der Waals surface area contributed by atoms with Crippen LogP contribution in [0.2, 0.25) is 0 Å². The minimum Gasteiger partial charge on any atom is -0.380 e. The van der Waals surface area contributed by atoms with Crippen LogP contribution in [0.5, 0.6) is 0 Å². The van der Waals surface area contributed by atoms with Crippen LogP contribution in [-0.2, 0) is 52.2 Å². The van der Waals surface area contributed by atoms with E-state index >= 15 is 0 Å². The van der Waals surface area contributed by atoms with E-state index < -0.39 is 23.7 Å². The zero-order valence-electron chi connectivity index (χ0n) is 32.4. The predicted octanol–water partition coefficient (Wildman–Crippen LogP) is 3.58. The summed E-state index contributed by atoms with van der Waals surface area (Å²) in [4.78, 5) is 20.0. The van der Waals surface area contributed by atoms with Crippen LogP contribution in [0.1, 0.15) is 90.4 Å². The molecule has 2 spiro atoms. The first-order valence-electron chi connectivity index (χ1n) is 21.0. The van der Waals surface area contributed by atoms with E-state index in [-0.39, 0.29) is 103 Å². The summed E-state index contributed by atoms with van der Waals surface area (Å²) >= 11 is 0. The Morgan fingerprint density at radius 2 is 1.72 bits per heavy atom. The van der Waals surface area contributed by atoms with E-state index in [4.69, 9.17) is 52.4 Å². The molecule has 0 aromatic heterocycles. The van der Waals surface area contributed by atoms with Crippen molar-refractivity contribution >= 4 is 11.5 Å². The molecule has 9 saturated heterocycles. The first-order chi connectivity index (χ1) is 26.2. The Bertz CT molecular complexity index is 1500. The van der Waals surface area contributed by atoms with Gasteiger partial charge in [-0.2, -0.15) is 0 Å². The third-order valence-corrected chi connectivity index (χ3v) is 14.7. The zero-order chi connectivity index (χ0) is 36.9. The smallest absolute Gasteiger partial charge is 0.214 e. The highest BCUT2D eigenvalue weighted by atomic mass is 16.8. The van der Waals surface area contributed by atoms with E-state index in [2.05, 4.69) is 18.8 Å². The number of fused-ring (bicyclic) bond motifs is 5. The average Bonchev–Trinajstić information content (AvgIpc) is 3.81. The number of hydrogen-bond donors (Lipinski definition) is 1. The SMILES string of the molecule is C=C1C[C@@H]2CC[C@@]34C[C@H]5OC6[C@@H](O[C@H]7CC[C@@H]8CC(=O)C[C@@H]9[C@@H](OC)[C@@H](C[C@@H](CNC)OC)O[C@H]9C[C@H]9O[C@@H](CC[C@@H]1O2)C[C@@H](C)C9=N[C@@]7(O8)[C@@H]6O3)[C@H]5O4. The van der Waals surface area contributed by atoms with Crippen LogP contribution in [-0.4, -0.2) is 142 Å². The van der Waals surface area contributed by atoms with Crippen LogP contribution in [0.4, 0.5) is 0 Å². The molecule has 0 aliphatic carbocycles. The third kappa shape index (κ3) is 6.13. The third-order valence-electron chi connectivity index (χ3n) is 14.7. The van der Waals surface area contributed by atoms with Crippen molar-refractivity contribution in [2.24, 2.45) is 16.8 Å². The molecule has 54 heavy (non-hydrogen) atoms. The van der Waals surface area contributed by atoms with E-state index in [1.807, 2.05) is 7.05 Å². The molecular weight excluding hydrogens is 696 g/mol. The van der Waals surface area contributed by atoms with Gasteiger partial charge in [0.2, 0.25) is 5.72 Å². The summed E-state index contributed by atoms with van der Waals surface area (Å²) in [6.45, 7) is 7.41. The standard InChI is InChI=1S/C41H60N2O11/c1-20-12-24-10-11-40-18-32-36(53-40)37-38(50-32)39(54-40)41-33(51-37)9-7-25(52-41)14-22(44)15-27-29(49-31(35(27)46-5)16-26(45-4)19-42-3)17-30-34(43-41)21(2)13-23(48-30)6-8-28(20)47-24/h21,23-33,35-39,42H,1,6-19H2,2-5H3/t21-,23+,24+,25-,26+,27+,28+,29+,30-,31-,32-,33+,35-,36+,37+,38?,39-,40+,41+/m1/s1. The van der Waals surface area contributed by atoms with Crippen LogP contribution in [0.25, 0.3) is 0 Å². The molecule has 12 heterocycles. The molecule has 300 valence electrons. The Hall–Kier alpha value is -1.36. The molecule has 1 N–H and O–H groups in total. The number of aliphatic imine (C=N–C) groups is 1. The molecule has 13 nitrogen and oxygen atoms in total. The summed E-state index contributed by atoms with van der Waals surface area (Å²) in [5.41, 5.74) is 0.884. The molecular formula is C41H60N2O11.